The van der Waals surface area contributed by atoms with Crippen LogP contribution in [0.15, 0.2) is 24.8 Å². The van der Waals surface area contributed by atoms with Crippen molar-refractivity contribution in [2.45, 2.75) is 0 Å². The number of carbonyl (C=O) groups is 1. The average Bonchev–Trinajstić information content (AvgIpc) is 2.34. The molecule has 0 saturated heterocycles. The van der Waals surface area contributed by atoms with E-state index in [2.05, 4.69) is 6.58 Å². The van der Waals surface area contributed by atoms with E-state index in [4.69, 9.17) is 14.6 Å². The molecule has 0 saturated carbocycles. The molecule has 0 bridgehead atoms. The van der Waals surface area contributed by atoms with Crippen molar-refractivity contribution >= 4 is 18.1 Å². The molecule has 0 atom stereocenters. The standard InChI is InChI=1S/C13H14O4/c1-4-9-7-11(16-2)12(17-3)8-10(9)5-6-13(14)15/h4-8H,1H2,2-3H3,(H,14,15)/b6-5+. The van der Waals surface area contributed by atoms with Crippen molar-refractivity contribution in [1.82, 2.24) is 0 Å². The number of methoxy groups -OCH3 is 2. The van der Waals surface area contributed by atoms with Gasteiger partial charge < -0.3 is 14.6 Å². The van der Waals surface area contributed by atoms with Gasteiger partial charge in [-0.3, -0.25) is 0 Å². The first-order valence-corrected chi connectivity index (χ1v) is 4.91. The fraction of sp³-hybridized carbons (Fsp3) is 0.154. The molecule has 4 nitrogen and oxygen atoms in total. The lowest BCUT2D eigenvalue weighted by molar-refractivity contribution is -0.131. The Balaban J connectivity index is 3.28. The van der Waals surface area contributed by atoms with Gasteiger partial charge in [0.25, 0.3) is 0 Å². The first-order chi connectivity index (χ1) is 8.12. The molecule has 17 heavy (non-hydrogen) atoms. The normalized spacial score (nSPS) is 10.2. The van der Waals surface area contributed by atoms with Crippen LogP contribution in [0.2, 0.25) is 0 Å². The molecule has 1 aromatic carbocycles. The van der Waals surface area contributed by atoms with Crippen molar-refractivity contribution in [3.8, 4) is 11.5 Å². The smallest absolute Gasteiger partial charge is 0.328 e. The van der Waals surface area contributed by atoms with Crippen LogP contribution >= 0.6 is 0 Å². The van der Waals surface area contributed by atoms with Gasteiger partial charge in [-0.1, -0.05) is 12.7 Å². The molecule has 90 valence electrons. The molecule has 4 heteroatoms. The Morgan fingerprint density at radius 3 is 2.18 bits per heavy atom. The van der Waals surface area contributed by atoms with E-state index in [-0.39, 0.29) is 0 Å². The highest BCUT2D eigenvalue weighted by Gasteiger charge is 2.07. The third-order valence-electron chi connectivity index (χ3n) is 2.21. The number of rotatable bonds is 5. The second-order valence-electron chi connectivity index (χ2n) is 3.21. The van der Waals surface area contributed by atoms with Crippen LogP contribution in [0.5, 0.6) is 11.5 Å². The van der Waals surface area contributed by atoms with E-state index in [1.165, 1.54) is 20.3 Å². The molecule has 0 unspecified atom stereocenters. The van der Waals surface area contributed by atoms with E-state index in [0.29, 0.717) is 17.1 Å². The minimum atomic E-state index is -1.00. The van der Waals surface area contributed by atoms with Crippen molar-refractivity contribution in [3.63, 3.8) is 0 Å². The van der Waals surface area contributed by atoms with Gasteiger partial charge in [0, 0.05) is 6.08 Å². The Bertz CT molecular complexity index is 461. The molecule has 0 heterocycles. The van der Waals surface area contributed by atoms with Crippen LogP contribution in [0, 0.1) is 0 Å². The van der Waals surface area contributed by atoms with Crippen molar-refractivity contribution in [1.29, 1.82) is 0 Å². The summed E-state index contributed by atoms with van der Waals surface area (Å²) in [5.74, 6) is 0.118. The molecule has 0 aliphatic rings. The van der Waals surface area contributed by atoms with Crippen LogP contribution < -0.4 is 9.47 Å². The summed E-state index contributed by atoms with van der Waals surface area (Å²) < 4.78 is 10.3. The minimum absolute atomic E-state index is 0.545. The zero-order valence-electron chi connectivity index (χ0n) is 9.77. The molecule has 0 amide bonds. The molecule has 0 fully saturated rings. The largest absolute Gasteiger partial charge is 0.493 e. The van der Waals surface area contributed by atoms with E-state index >= 15 is 0 Å². The minimum Gasteiger partial charge on any atom is -0.493 e. The lowest BCUT2D eigenvalue weighted by atomic mass is 10.1. The van der Waals surface area contributed by atoms with Gasteiger partial charge in [-0.25, -0.2) is 4.79 Å². The van der Waals surface area contributed by atoms with Gasteiger partial charge in [0.05, 0.1) is 14.2 Å². The molecular formula is C13H14O4. The van der Waals surface area contributed by atoms with Crippen molar-refractivity contribution < 1.29 is 19.4 Å². The van der Waals surface area contributed by atoms with Crippen LogP contribution in [0.1, 0.15) is 11.1 Å². The predicted molar refractivity (Wildman–Crippen MR) is 66.3 cm³/mol. The van der Waals surface area contributed by atoms with Gasteiger partial charge in [0.2, 0.25) is 0 Å². The molecule has 1 rings (SSSR count). The highest BCUT2D eigenvalue weighted by Crippen LogP contribution is 2.31. The number of hydrogen-bond donors (Lipinski definition) is 1. The topological polar surface area (TPSA) is 55.8 Å². The molecule has 0 radical (unpaired) electrons. The van der Waals surface area contributed by atoms with Gasteiger partial charge in [-0.2, -0.15) is 0 Å². The summed E-state index contributed by atoms with van der Waals surface area (Å²) >= 11 is 0. The number of benzene rings is 1. The SMILES string of the molecule is C=Cc1cc(OC)c(OC)cc1/C=C/C(=O)O. The summed E-state index contributed by atoms with van der Waals surface area (Å²) in [5, 5.41) is 8.60. The monoisotopic (exact) mass is 234 g/mol. The summed E-state index contributed by atoms with van der Waals surface area (Å²) in [6, 6.07) is 3.45. The third kappa shape index (κ3) is 3.11. The molecule has 1 N–H and O–H groups in total. The summed E-state index contributed by atoms with van der Waals surface area (Å²) in [6.07, 6.45) is 4.18. The number of aliphatic carboxylic acids is 1. The van der Waals surface area contributed by atoms with E-state index in [9.17, 15) is 4.79 Å². The van der Waals surface area contributed by atoms with Crippen molar-refractivity contribution in [2.24, 2.45) is 0 Å². The maximum absolute atomic E-state index is 10.5. The number of carboxylic acid groups (broad SMARTS) is 1. The molecular weight excluding hydrogens is 220 g/mol. The van der Waals surface area contributed by atoms with Crippen LogP contribution in [-0.4, -0.2) is 25.3 Å². The molecule has 0 aliphatic carbocycles. The van der Waals surface area contributed by atoms with Crippen molar-refractivity contribution in [2.75, 3.05) is 14.2 Å². The Kier molecular flexibility index (Phi) is 4.34. The quantitative estimate of drug-likeness (QED) is 0.795. The Labute approximate surface area is 99.8 Å². The highest BCUT2D eigenvalue weighted by atomic mass is 16.5. The zero-order valence-corrected chi connectivity index (χ0v) is 9.77. The average molecular weight is 234 g/mol. The van der Waals surface area contributed by atoms with E-state index < -0.39 is 5.97 Å². The lowest BCUT2D eigenvalue weighted by Gasteiger charge is -2.10. The van der Waals surface area contributed by atoms with Gasteiger partial charge >= 0.3 is 5.97 Å². The zero-order chi connectivity index (χ0) is 12.8. The highest BCUT2D eigenvalue weighted by molar-refractivity contribution is 5.86. The second-order valence-corrected chi connectivity index (χ2v) is 3.21. The summed E-state index contributed by atoms with van der Waals surface area (Å²) in [6.45, 7) is 3.67. The fourth-order valence-corrected chi connectivity index (χ4v) is 1.39. The molecule has 0 spiro atoms. The summed E-state index contributed by atoms with van der Waals surface area (Å²) in [4.78, 5) is 10.5. The predicted octanol–water partition coefficient (Wildman–Crippen LogP) is 2.44. The lowest BCUT2D eigenvalue weighted by Crippen LogP contribution is -1.93. The van der Waals surface area contributed by atoms with Crippen LogP contribution in [0.4, 0.5) is 0 Å². The number of ether oxygens (including phenoxy) is 2. The second kappa shape index (κ2) is 5.75. The number of carboxylic acids is 1. The van der Waals surface area contributed by atoms with E-state index in [0.717, 1.165) is 11.6 Å². The summed E-state index contributed by atoms with van der Waals surface area (Å²) in [5.41, 5.74) is 1.49. The molecule has 1 aromatic rings. The van der Waals surface area contributed by atoms with Crippen LogP contribution in [0.25, 0.3) is 12.2 Å². The van der Waals surface area contributed by atoms with Gasteiger partial charge in [-0.05, 0) is 29.3 Å². The van der Waals surface area contributed by atoms with Gasteiger partial charge in [0.15, 0.2) is 11.5 Å². The van der Waals surface area contributed by atoms with Crippen LogP contribution in [0.3, 0.4) is 0 Å². The Morgan fingerprint density at radius 1 is 1.24 bits per heavy atom. The van der Waals surface area contributed by atoms with Crippen molar-refractivity contribution in [3.05, 3.63) is 35.9 Å². The summed E-state index contributed by atoms with van der Waals surface area (Å²) in [7, 11) is 3.06. The fourth-order valence-electron chi connectivity index (χ4n) is 1.39. The van der Waals surface area contributed by atoms with E-state index in [1.54, 1.807) is 18.2 Å². The molecule has 0 aromatic heterocycles. The Morgan fingerprint density at radius 2 is 1.76 bits per heavy atom. The maximum atomic E-state index is 10.5. The first kappa shape index (κ1) is 12.8. The van der Waals surface area contributed by atoms with E-state index in [1.807, 2.05) is 0 Å². The molecule has 0 aliphatic heterocycles. The number of hydrogen-bond acceptors (Lipinski definition) is 3. The first-order valence-electron chi connectivity index (χ1n) is 4.91. The Hall–Kier alpha value is -2.23. The van der Waals surface area contributed by atoms with Gasteiger partial charge in [-0.15, -0.1) is 0 Å². The van der Waals surface area contributed by atoms with Crippen LogP contribution in [-0.2, 0) is 4.79 Å². The van der Waals surface area contributed by atoms with Gasteiger partial charge in [0.1, 0.15) is 0 Å². The maximum Gasteiger partial charge on any atom is 0.328 e. The third-order valence-corrected chi connectivity index (χ3v) is 2.21.